The lowest BCUT2D eigenvalue weighted by Crippen LogP contribution is -2.37. The number of nitrogens with zero attached hydrogens (tertiary/aromatic N) is 2. The van der Waals surface area contributed by atoms with Crippen molar-refractivity contribution in [3.63, 3.8) is 0 Å². The van der Waals surface area contributed by atoms with Gasteiger partial charge >= 0.3 is 0 Å². The maximum absolute atomic E-state index is 10.1. The summed E-state index contributed by atoms with van der Waals surface area (Å²) in [5.41, 5.74) is 3.92. The molecule has 25 heavy (non-hydrogen) atoms. The first kappa shape index (κ1) is 16.4. The molecule has 1 saturated carbocycles. The number of fused-ring (bicyclic) bond motifs is 3. The first-order valence-electron chi connectivity index (χ1n) is 9.50. The van der Waals surface area contributed by atoms with Gasteiger partial charge in [0, 0.05) is 24.5 Å². The molecule has 1 fully saturated rings. The molecule has 3 heteroatoms. The molecule has 0 radical (unpaired) electrons. The Kier molecular flexibility index (Phi) is 3.98. The van der Waals surface area contributed by atoms with E-state index in [1.165, 1.54) is 36.8 Å². The topological polar surface area (TPSA) is 36.4 Å². The largest absolute Gasteiger partial charge is 0.508 e. The standard InChI is InChI=1S/C22H28N2O/c1-22(2,3)16-10-11-23-21(12-16)24-14-15-6-4-5-7-18(15)19-9-8-17(25)13-20(19)24/h8-13,15,18,25H,4-7,14H2,1-3H3. The van der Waals surface area contributed by atoms with Crippen molar-refractivity contribution in [1.29, 1.82) is 0 Å². The van der Waals surface area contributed by atoms with Crippen LogP contribution in [0.25, 0.3) is 0 Å². The van der Waals surface area contributed by atoms with Crippen LogP contribution in [-0.2, 0) is 5.41 Å². The fourth-order valence-corrected chi connectivity index (χ4v) is 4.50. The molecule has 2 aromatic rings. The van der Waals surface area contributed by atoms with Crippen LogP contribution in [0.15, 0.2) is 36.5 Å². The van der Waals surface area contributed by atoms with Crippen LogP contribution >= 0.6 is 0 Å². The lowest BCUT2D eigenvalue weighted by atomic mass is 9.72. The molecule has 4 rings (SSSR count). The average molecular weight is 336 g/mol. The predicted molar refractivity (Wildman–Crippen MR) is 103 cm³/mol. The number of hydrogen-bond acceptors (Lipinski definition) is 3. The molecule has 2 unspecified atom stereocenters. The molecular weight excluding hydrogens is 308 g/mol. The molecule has 0 bridgehead atoms. The summed E-state index contributed by atoms with van der Waals surface area (Å²) in [6.45, 7) is 7.71. The molecule has 1 aliphatic carbocycles. The van der Waals surface area contributed by atoms with Gasteiger partial charge in [0.15, 0.2) is 0 Å². The number of anilines is 2. The third-order valence-corrected chi connectivity index (χ3v) is 5.92. The van der Waals surface area contributed by atoms with Crippen LogP contribution in [-0.4, -0.2) is 16.6 Å². The highest BCUT2D eigenvalue weighted by atomic mass is 16.3. The van der Waals surface area contributed by atoms with E-state index in [1.807, 2.05) is 18.3 Å². The SMILES string of the molecule is CC(C)(C)c1ccnc(N2CC3CCCCC3c3ccc(O)cc32)c1. The number of phenols is 1. The molecule has 0 amide bonds. The monoisotopic (exact) mass is 336 g/mol. The van der Waals surface area contributed by atoms with E-state index in [0.717, 1.165) is 18.1 Å². The van der Waals surface area contributed by atoms with E-state index < -0.39 is 0 Å². The summed E-state index contributed by atoms with van der Waals surface area (Å²) < 4.78 is 0. The van der Waals surface area contributed by atoms with Gasteiger partial charge < -0.3 is 10.0 Å². The summed E-state index contributed by atoms with van der Waals surface area (Å²) in [5, 5.41) is 10.1. The van der Waals surface area contributed by atoms with Gasteiger partial charge in [0.05, 0.1) is 0 Å². The Morgan fingerprint density at radius 1 is 1.08 bits per heavy atom. The molecule has 1 aromatic carbocycles. The molecule has 3 nitrogen and oxygen atoms in total. The van der Waals surface area contributed by atoms with E-state index in [2.05, 4.69) is 48.9 Å². The van der Waals surface area contributed by atoms with Crippen molar-refractivity contribution < 1.29 is 5.11 Å². The van der Waals surface area contributed by atoms with Crippen LogP contribution < -0.4 is 4.90 Å². The summed E-state index contributed by atoms with van der Waals surface area (Å²) in [7, 11) is 0. The minimum absolute atomic E-state index is 0.0997. The Morgan fingerprint density at radius 3 is 2.68 bits per heavy atom. The second-order valence-corrected chi connectivity index (χ2v) is 8.66. The van der Waals surface area contributed by atoms with E-state index in [0.29, 0.717) is 17.6 Å². The summed E-state index contributed by atoms with van der Waals surface area (Å²) >= 11 is 0. The minimum atomic E-state index is 0.0997. The first-order chi connectivity index (χ1) is 11.9. The third-order valence-electron chi connectivity index (χ3n) is 5.92. The van der Waals surface area contributed by atoms with E-state index in [-0.39, 0.29) is 5.41 Å². The molecular formula is C22H28N2O. The quantitative estimate of drug-likeness (QED) is 0.746. The number of aromatic hydroxyl groups is 1. The molecule has 1 aliphatic heterocycles. The van der Waals surface area contributed by atoms with Crippen molar-refractivity contribution >= 4 is 11.5 Å². The number of hydrogen-bond donors (Lipinski definition) is 1. The second kappa shape index (κ2) is 6.05. The lowest BCUT2D eigenvalue weighted by Gasteiger charge is -2.43. The summed E-state index contributed by atoms with van der Waals surface area (Å²) in [4.78, 5) is 7.02. The van der Waals surface area contributed by atoms with Crippen molar-refractivity contribution in [2.75, 3.05) is 11.4 Å². The lowest BCUT2D eigenvalue weighted by molar-refractivity contribution is 0.302. The highest BCUT2D eigenvalue weighted by molar-refractivity contribution is 5.69. The smallest absolute Gasteiger partial charge is 0.133 e. The molecule has 2 aliphatic rings. The van der Waals surface area contributed by atoms with Crippen molar-refractivity contribution in [1.82, 2.24) is 4.98 Å². The number of benzene rings is 1. The molecule has 2 atom stereocenters. The Bertz CT molecular complexity index is 778. The fourth-order valence-electron chi connectivity index (χ4n) is 4.50. The van der Waals surface area contributed by atoms with Gasteiger partial charge in [-0.05, 0) is 59.4 Å². The minimum Gasteiger partial charge on any atom is -0.508 e. The van der Waals surface area contributed by atoms with E-state index in [9.17, 15) is 5.11 Å². The number of aromatic nitrogens is 1. The summed E-state index contributed by atoms with van der Waals surface area (Å²) in [6, 6.07) is 10.2. The Hall–Kier alpha value is -2.03. The van der Waals surface area contributed by atoms with Gasteiger partial charge in [-0.25, -0.2) is 4.98 Å². The number of rotatable bonds is 1. The van der Waals surface area contributed by atoms with Crippen LogP contribution in [0, 0.1) is 5.92 Å². The van der Waals surface area contributed by atoms with Crippen molar-refractivity contribution in [2.24, 2.45) is 5.92 Å². The average Bonchev–Trinajstić information content (AvgIpc) is 2.60. The van der Waals surface area contributed by atoms with Gasteiger partial charge in [0.1, 0.15) is 11.6 Å². The number of pyridine rings is 1. The molecule has 0 spiro atoms. The zero-order valence-corrected chi connectivity index (χ0v) is 15.5. The van der Waals surface area contributed by atoms with Crippen LogP contribution in [0.5, 0.6) is 5.75 Å². The third kappa shape index (κ3) is 3.01. The second-order valence-electron chi connectivity index (χ2n) is 8.66. The first-order valence-corrected chi connectivity index (χ1v) is 9.50. The highest BCUT2D eigenvalue weighted by Crippen LogP contribution is 2.48. The van der Waals surface area contributed by atoms with Crippen molar-refractivity contribution in [2.45, 2.75) is 57.8 Å². The van der Waals surface area contributed by atoms with Crippen LogP contribution in [0.2, 0.25) is 0 Å². The molecule has 1 aromatic heterocycles. The highest BCUT2D eigenvalue weighted by Gasteiger charge is 2.36. The van der Waals surface area contributed by atoms with Gasteiger partial charge in [0.25, 0.3) is 0 Å². The summed E-state index contributed by atoms with van der Waals surface area (Å²) in [6.07, 6.45) is 7.13. The Balaban J connectivity index is 1.81. The van der Waals surface area contributed by atoms with Gasteiger partial charge in [-0.15, -0.1) is 0 Å². The van der Waals surface area contributed by atoms with Gasteiger partial charge in [-0.3, -0.25) is 0 Å². The molecule has 132 valence electrons. The van der Waals surface area contributed by atoms with Gasteiger partial charge in [0.2, 0.25) is 0 Å². The molecule has 2 heterocycles. The predicted octanol–water partition coefficient (Wildman–Crippen LogP) is 5.51. The van der Waals surface area contributed by atoms with Crippen molar-refractivity contribution in [3.05, 3.63) is 47.7 Å². The Morgan fingerprint density at radius 2 is 1.88 bits per heavy atom. The zero-order chi connectivity index (χ0) is 17.6. The van der Waals surface area contributed by atoms with E-state index >= 15 is 0 Å². The number of phenolic OH excluding ortho intramolecular Hbond substituents is 1. The summed E-state index contributed by atoms with van der Waals surface area (Å²) in [5.74, 6) is 2.66. The van der Waals surface area contributed by atoms with E-state index in [1.54, 1.807) is 0 Å². The zero-order valence-electron chi connectivity index (χ0n) is 15.5. The Labute approximate surface area is 150 Å². The van der Waals surface area contributed by atoms with Gasteiger partial charge in [-0.2, -0.15) is 0 Å². The van der Waals surface area contributed by atoms with Crippen LogP contribution in [0.4, 0.5) is 11.5 Å². The van der Waals surface area contributed by atoms with Gasteiger partial charge in [-0.1, -0.05) is 39.7 Å². The molecule has 1 N–H and O–H groups in total. The van der Waals surface area contributed by atoms with E-state index in [4.69, 9.17) is 0 Å². The fraction of sp³-hybridized carbons (Fsp3) is 0.500. The van der Waals surface area contributed by atoms with Crippen LogP contribution in [0.1, 0.15) is 63.5 Å². The molecule has 0 saturated heterocycles. The van der Waals surface area contributed by atoms with Crippen molar-refractivity contribution in [3.8, 4) is 5.75 Å². The normalized spacial score (nSPS) is 23.1. The van der Waals surface area contributed by atoms with Crippen LogP contribution in [0.3, 0.4) is 0 Å². The maximum Gasteiger partial charge on any atom is 0.133 e. The maximum atomic E-state index is 10.1.